The van der Waals surface area contributed by atoms with Gasteiger partial charge in [-0.1, -0.05) is 0 Å². The van der Waals surface area contributed by atoms with Crippen LogP contribution in [-0.4, -0.2) is 36.3 Å². The number of amides is 1. The summed E-state index contributed by atoms with van der Waals surface area (Å²) in [6.45, 7) is 4.32. The number of hydrogen-bond acceptors (Lipinski definition) is 3. The van der Waals surface area contributed by atoms with Crippen molar-refractivity contribution in [3.05, 3.63) is 0 Å². The lowest BCUT2D eigenvalue weighted by Gasteiger charge is -2.17. The second kappa shape index (κ2) is 3.67. The Morgan fingerprint density at radius 3 is 2.92 bits per heavy atom. The molecule has 1 aliphatic rings. The molecule has 1 atom stereocenters. The number of rotatable bonds is 2. The fourth-order valence-corrected chi connectivity index (χ4v) is 1.37. The van der Waals surface area contributed by atoms with Crippen LogP contribution in [0, 0.1) is 0 Å². The van der Waals surface area contributed by atoms with Crippen molar-refractivity contribution in [1.82, 2.24) is 10.3 Å². The molecule has 0 aromatic rings. The van der Waals surface area contributed by atoms with Crippen molar-refractivity contribution in [2.24, 2.45) is 5.10 Å². The molecule has 0 spiro atoms. The monoisotopic (exact) mass is 169 g/mol. The van der Waals surface area contributed by atoms with Crippen molar-refractivity contribution in [3.63, 3.8) is 0 Å². The van der Waals surface area contributed by atoms with Crippen LogP contribution in [0.3, 0.4) is 0 Å². The van der Waals surface area contributed by atoms with Gasteiger partial charge in [0.1, 0.15) is 0 Å². The van der Waals surface area contributed by atoms with Crippen molar-refractivity contribution >= 4 is 11.6 Å². The topological polar surface area (TPSA) is 44.7 Å². The minimum absolute atomic E-state index is 0.0434. The van der Waals surface area contributed by atoms with Gasteiger partial charge in [-0.15, -0.1) is 0 Å². The van der Waals surface area contributed by atoms with E-state index in [-0.39, 0.29) is 11.9 Å². The quantitative estimate of drug-likeness (QED) is 0.642. The average molecular weight is 169 g/mol. The Balaban J connectivity index is 2.57. The van der Waals surface area contributed by atoms with E-state index in [1.165, 1.54) is 0 Å². The summed E-state index contributed by atoms with van der Waals surface area (Å²) in [5.74, 6) is 0.0434. The van der Waals surface area contributed by atoms with Crippen LogP contribution in [0.15, 0.2) is 5.10 Å². The van der Waals surface area contributed by atoms with E-state index in [4.69, 9.17) is 0 Å². The lowest BCUT2D eigenvalue weighted by molar-refractivity contribution is -0.131. The minimum atomic E-state index is 0.0434. The first-order valence-corrected chi connectivity index (χ1v) is 4.16. The number of hydrogen-bond donors (Lipinski definition) is 1. The second-order valence-corrected chi connectivity index (χ2v) is 3.16. The number of hydrazone groups is 1. The zero-order valence-corrected chi connectivity index (χ0v) is 7.79. The van der Waals surface area contributed by atoms with E-state index in [2.05, 4.69) is 10.4 Å². The molecule has 1 aliphatic heterocycles. The summed E-state index contributed by atoms with van der Waals surface area (Å²) < 4.78 is 0. The first kappa shape index (κ1) is 9.19. The van der Waals surface area contributed by atoms with Gasteiger partial charge < -0.3 is 5.32 Å². The summed E-state index contributed by atoms with van der Waals surface area (Å²) in [5.41, 5.74) is 1.03. The Bertz CT molecular complexity index is 212. The highest BCUT2D eigenvalue weighted by Crippen LogP contribution is 2.13. The molecule has 4 nitrogen and oxygen atoms in total. The molecule has 0 aromatic carbocycles. The largest absolute Gasteiger partial charge is 0.311 e. The van der Waals surface area contributed by atoms with Gasteiger partial charge in [0, 0.05) is 12.1 Å². The predicted octanol–water partition coefficient (Wildman–Crippen LogP) is 0.202. The number of carbonyl (C=O) groups is 1. The van der Waals surface area contributed by atoms with E-state index < -0.39 is 0 Å². The Labute approximate surface area is 72.6 Å². The second-order valence-electron chi connectivity index (χ2n) is 3.16. The molecule has 1 amide bonds. The van der Waals surface area contributed by atoms with Crippen LogP contribution in [-0.2, 0) is 4.79 Å². The van der Waals surface area contributed by atoms with Crippen LogP contribution >= 0.6 is 0 Å². The smallest absolute Gasteiger partial charge is 0.256 e. The molecular weight excluding hydrogens is 154 g/mol. The molecule has 4 heteroatoms. The molecule has 0 aliphatic carbocycles. The molecule has 0 fully saturated rings. The van der Waals surface area contributed by atoms with Gasteiger partial charge in [0.2, 0.25) is 0 Å². The lowest BCUT2D eigenvalue weighted by atomic mass is 10.2. The van der Waals surface area contributed by atoms with Crippen LogP contribution in [0.2, 0.25) is 0 Å². The summed E-state index contributed by atoms with van der Waals surface area (Å²) in [6, 6.07) is 0.228. The molecule has 1 N–H and O–H groups in total. The number of likely N-dealkylation sites (N-methyl/N-ethyl adjacent to an activating group) is 1. The van der Waals surface area contributed by atoms with E-state index >= 15 is 0 Å². The first-order chi connectivity index (χ1) is 5.65. The highest BCUT2D eigenvalue weighted by atomic mass is 16.2. The maximum absolute atomic E-state index is 11.4. The highest BCUT2D eigenvalue weighted by molar-refractivity contribution is 5.88. The van der Waals surface area contributed by atoms with Crippen LogP contribution < -0.4 is 5.32 Å². The van der Waals surface area contributed by atoms with E-state index in [1.807, 2.05) is 13.8 Å². The van der Waals surface area contributed by atoms with Crippen LogP contribution in [0.5, 0.6) is 0 Å². The number of carbonyl (C=O) groups excluding carboxylic acids is 1. The Kier molecular flexibility index (Phi) is 2.81. The summed E-state index contributed by atoms with van der Waals surface area (Å²) in [7, 11) is 1.76. The molecule has 1 unspecified atom stereocenters. The van der Waals surface area contributed by atoms with Gasteiger partial charge in [-0.05, 0) is 20.9 Å². The minimum Gasteiger partial charge on any atom is -0.311 e. The third-order valence-corrected chi connectivity index (χ3v) is 1.87. The fourth-order valence-electron chi connectivity index (χ4n) is 1.37. The SMILES string of the molecule is CNCC(=O)N1N=C(C)CC1C. The van der Waals surface area contributed by atoms with Crippen molar-refractivity contribution < 1.29 is 4.79 Å². The normalized spacial score (nSPS) is 22.8. The third-order valence-electron chi connectivity index (χ3n) is 1.87. The maximum Gasteiger partial charge on any atom is 0.256 e. The molecule has 12 heavy (non-hydrogen) atoms. The van der Waals surface area contributed by atoms with Crippen molar-refractivity contribution in [1.29, 1.82) is 0 Å². The van der Waals surface area contributed by atoms with Crippen molar-refractivity contribution in [2.45, 2.75) is 26.3 Å². The summed E-state index contributed by atoms with van der Waals surface area (Å²) in [5, 5.41) is 8.53. The summed E-state index contributed by atoms with van der Waals surface area (Å²) in [6.07, 6.45) is 0.898. The van der Waals surface area contributed by atoms with Crippen LogP contribution in [0.25, 0.3) is 0 Å². The first-order valence-electron chi connectivity index (χ1n) is 4.16. The molecule has 0 bridgehead atoms. The Hall–Kier alpha value is -0.900. The lowest BCUT2D eigenvalue weighted by Crippen LogP contribution is -2.36. The van der Waals surface area contributed by atoms with Gasteiger partial charge >= 0.3 is 0 Å². The molecule has 0 saturated heterocycles. The summed E-state index contributed by atoms with van der Waals surface area (Å²) >= 11 is 0. The van der Waals surface area contributed by atoms with E-state index in [1.54, 1.807) is 12.1 Å². The highest BCUT2D eigenvalue weighted by Gasteiger charge is 2.24. The third kappa shape index (κ3) is 1.82. The zero-order valence-electron chi connectivity index (χ0n) is 7.79. The molecule has 1 rings (SSSR count). The molecule has 1 heterocycles. The van der Waals surface area contributed by atoms with Gasteiger partial charge in [-0.3, -0.25) is 4.79 Å². The van der Waals surface area contributed by atoms with E-state index in [0.29, 0.717) is 6.54 Å². The van der Waals surface area contributed by atoms with Gasteiger partial charge in [0.05, 0.1) is 12.6 Å². The van der Waals surface area contributed by atoms with E-state index in [9.17, 15) is 4.79 Å². The van der Waals surface area contributed by atoms with Crippen LogP contribution in [0.4, 0.5) is 0 Å². The van der Waals surface area contributed by atoms with E-state index in [0.717, 1.165) is 12.1 Å². The number of nitrogens with one attached hydrogen (secondary N) is 1. The van der Waals surface area contributed by atoms with Gasteiger partial charge in [0.25, 0.3) is 5.91 Å². The Morgan fingerprint density at radius 1 is 1.83 bits per heavy atom. The fraction of sp³-hybridized carbons (Fsp3) is 0.750. The van der Waals surface area contributed by atoms with Crippen LogP contribution in [0.1, 0.15) is 20.3 Å². The molecular formula is C8H15N3O. The molecule has 0 saturated carbocycles. The Morgan fingerprint density at radius 2 is 2.50 bits per heavy atom. The van der Waals surface area contributed by atoms with Gasteiger partial charge in [-0.25, -0.2) is 5.01 Å². The molecule has 0 radical (unpaired) electrons. The zero-order chi connectivity index (χ0) is 9.14. The maximum atomic E-state index is 11.4. The van der Waals surface area contributed by atoms with Crippen molar-refractivity contribution in [2.75, 3.05) is 13.6 Å². The molecule has 68 valence electrons. The molecule has 0 aromatic heterocycles. The average Bonchev–Trinajstić information content (AvgIpc) is 2.30. The predicted molar refractivity (Wildman–Crippen MR) is 48.0 cm³/mol. The number of nitrogens with zero attached hydrogens (tertiary/aromatic N) is 2. The van der Waals surface area contributed by atoms with Gasteiger partial charge in [-0.2, -0.15) is 5.10 Å². The van der Waals surface area contributed by atoms with Crippen molar-refractivity contribution in [3.8, 4) is 0 Å². The van der Waals surface area contributed by atoms with Gasteiger partial charge in [0.15, 0.2) is 0 Å². The summed E-state index contributed by atoms with van der Waals surface area (Å²) in [4.78, 5) is 11.4. The standard InChI is InChI=1S/C8H15N3O/c1-6-4-7(2)11(10-6)8(12)5-9-3/h7,9H,4-5H2,1-3H3.